The summed E-state index contributed by atoms with van der Waals surface area (Å²) in [5.74, 6) is 0. The first-order valence-electron chi connectivity index (χ1n) is 4.66. The van der Waals surface area contributed by atoms with Gasteiger partial charge in [0.25, 0.3) is 0 Å². The monoisotopic (exact) mass is 186 g/mol. The van der Waals surface area contributed by atoms with Crippen LogP contribution >= 0.6 is 0 Å². The Kier molecular flexibility index (Phi) is 2.14. The van der Waals surface area contributed by atoms with E-state index in [0.717, 1.165) is 11.1 Å². The number of nitrogens with two attached hydrogens (primary N) is 1. The van der Waals surface area contributed by atoms with Crippen molar-refractivity contribution in [1.82, 2.24) is 4.57 Å². The van der Waals surface area contributed by atoms with E-state index in [1.807, 2.05) is 13.1 Å². The highest BCUT2D eigenvalue weighted by atomic mass is 14.9. The minimum Gasteiger partial charge on any atom is -0.351 e. The van der Waals surface area contributed by atoms with Crippen LogP contribution in [0.3, 0.4) is 0 Å². The van der Waals surface area contributed by atoms with E-state index in [0.29, 0.717) is 6.54 Å². The minimum absolute atomic E-state index is 0.508. The summed E-state index contributed by atoms with van der Waals surface area (Å²) in [7, 11) is 2.04. The Morgan fingerprint density at radius 3 is 2.93 bits per heavy atom. The van der Waals surface area contributed by atoms with Crippen molar-refractivity contribution >= 4 is 16.5 Å². The Bertz CT molecular complexity index is 480. The Hall–Kier alpha value is -1.54. The molecular weight excluding hydrogens is 172 g/mol. The zero-order valence-electron chi connectivity index (χ0n) is 8.33. The molecule has 1 aromatic heterocycles. The summed E-state index contributed by atoms with van der Waals surface area (Å²) in [4.78, 5) is 0. The average molecular weight is 186 g/mol. The number of hydrogen-bond acceptors (Lipinski definition) is 1. The van der Waals surface area contributed by atoms with Gasteiger partial charge in [-0.2, -0.15) is 0 Å². The standard InChI is InChI=1S/C12H14N2/c1-9(8-13)10-4-3-5-12-11(10)6-7-14(12)2/h3-7H,1,8,13H2,2H3. The van der Waals surface area contributed by atoms with Crippen molar-refractivity contribution < 1.29 is 0 Å². The lowest BCUT2D eigenvalue weighted by molar-refractivity contribution is 0.969. The van der Waals surface area contributed by atoms with E-state index >= 15 is 0 Å². The zero-order valence-corrected chi connectivity index (χ0v) is 8.33. The lowest BCUT2D eigenvalue weighted by Gasteiger charge is -2.05. The second kappa shape index (κ2) is 3.31. The quantitative estimate of drug-likeness (QED) is 0.765. The number of hydrogen-bond donors (Lipinski definition) is 1. The van der Waals surface area contributed by atoms with Gasteiger partial charge in [-0.25, -0.2) is 0 Å². The van der Waals surface area contributed by atoms with Crippen LogP contribution in [-0.2, 0) is 7.05 Å². The van der Waals surface area contributed by atoms with Gasteiger partial charge in [0.2, 0.25) is 0 Å². The van der Waals surface area contributed by atoms with Gasteiger partial charge in [-0.05, 0) is 23.3 Å². The van der Waals surface area contributed by atoms with Crippen LogP contribution in [0.5, 0.6) is 0 Å². The number of aromatic nitrogens is 1. The Morgan fingerprint density at radius 2 is 2.21 bits per heavy atom. The zero-order chi connectivity index (χ0) is 10.1. The summed E-state index contributed by atoms with van der Waals surface area (Å²) >= 11 is 0. The lowest BCUT2D eigenvalue weighted by atomic mass is 10.0. The first-order valence-corrected chi connectivity index (χ1v) is 4.66. The van der Waals surface area contributed by atoms with E-state index in [9.17, 15) is 0 Å². The van der Waals surface area contributed by atoms with Crippen molar-refractivity contribution in [3.8, 4) is 0 Å². The lowest BCUT2D eigenvalue weighted by Crippen LogP contribution is -2.01. The summed E-state index contributed by atoms with van der Waals surface area (Å²) in [5, 5.41) is 1.23. The van der Waals surface area contributed by atoms with Gasteiger partial charge >= 0.3 is 0 Å². The molecule has 0 atom stereocenters. The predicted octanol–water partition coefficient (Wildman–Crippen LogP) is 2.15. The summed E-state index contributed by atoms with van der Waals surface area (Å²) in [5.41, 5.74) is 8.96. The van der Waals surface area contributed by atoms with Crippen molar-refractivity contribution in [3.63, 3.8) is 0 Å². The number of aryl methyl sites for hydroxylation is 1. The summed E-state index contributed by atoms with van der Waals surface area (Å²) < 4.78 is 2.10. The van der Waals surface area contributed by atoms with E-state index in [1.54, 1.807) is 0 Å². The van der Waals surface area contributed by atoms with Gasteiger partial charge in [0, 0.05) is 30.7 Å². The molecule has 0 fully saturated rings. The molecule has 1 aromatic carbocycles. The normalized spacial score (nSPS) is 10.7. The van der Waals surface area contributed by atoms with Gasteiger partial charge in [0.1, 0.15) is 0 Å². The molecule has 0 aliphatic carbocycles. The van der Waals surface area contributed by atoms with Gasteiger partial charge in [0.05, 0.1) is 0 Å². The highest BCUT2D eigenvalue weighted by Crippen LogP contribution is 2.23. The van der Waals surface area contributed by atoms with Crippen LogP contribution < -0.4 is 5.73 Å². The maximum absolute atomic E-state index is 5.60. The van der Waals surface area contributed by atoms with Crippen LogP contribution in [0.2, 0.25) is 0 Å². The summed E-state index contributed by atoms with van der Waals surface area (Å²) in [6, 6.07) is 8.31. The smallest absolute Gasteiger partial charge is 0.0483 e. The topological polar surface area (TPSA) is 30.9 Å². The minimum atomic E-state index is 0.508. The van der Waals surface area contributed by atoms with E-state index in [2.05, 4.69) is 35.5 Å². The van der Waals surface area contributed by atoms with Gasteiger partial charge in [0.15, 0.2) is 0 Å². The average Bonchev–Trinajstić information content (AvgIpc) is 2.59. The van der Waals surface area contributed by atoms with E-state index in [-0.39, 0.29) is 0 Å². The Labute approximate surface area is 83.6 Å². The maximum Gasteiger partial charge on any atom is 0.0483 e. The highest BCUT2D eigenvalue weighted by Gasteiger charge is 2.04. The van der Waals surface area contributed by atoms with Crippen LogP contribution in [0, 0.1) is 0 Å². The summed E-state index contributed by atoms with van der Waals surface area (Å²) in [6.45, 7) is 4.48. The molecule has 0 bridgehead atoms. The van der Waals surface area contributed by atoms with Gasteiger partial charge in [-0.15, -0.1) is 0 Å². The Balaban J connectivity index is 2.71. The molecule has 2 rings (SSSR count). The number of nitrogens with zero attached hydrogens (tertiary/aromatic N) is 1. The van der Waals surface area contributed by atoms with E-state index in [4.69, 9.17) is 5.73 Å². The molecule has 0 saturated carbocycles. The van der Waals surface area contributed by atoms with Crippen LogP contribution in [0.1, 0.15) is 5.56 Å². The molecule has 0 saturated heterocycles. The van der Waals surface area contributed by atoms with Gasteiger partial charge in [-0.1, -0.05) is 18.7 Å². The third kappa shape index (κ3) is 1.24. The van der Waals surface area contributed by atoms with Crippen LogP contribution in [0.25, 0.3) is 16.5 Å². The second-order valence-corrected chi connectivity index (χ2v) is 3.47. The molecule has 72 valence electrons. The second-order valence-electron chi connectivity index (χ2n) is 3.47. The molecule has 2 N–H and O–H groups in total. The molecule has 1 heterocycles. The molecule has 0 amide bonds. The molecule has 2 aromatic rings. The molecule has 0 spiro atoms. The molecule has 14 heavy (non-hydrogen) atoms. The molecule has 2 heteroatoms. The fourth-order valence-corrected chi connectivity index (χ4v) is 1.72. The molecule has 0 radical (unpaired) electrons. The first kappa shape index (κ1) is 9.03. The van der Waals surface area contributed by atoms with Crippen molar-refractivity contribution in [2.45, 2.75) is 0 Å². The van der Waals surface area contributed by atoms with Crippen molar-refractivity contribution in [2.24, 2.45) is 12.8 Å². The molecule has 2 nitrogen and oxygen atoms in total. The highest BCUT2D eigenvalue weighted by molar-refractivity contribution is 5.92. The van der Waals surface area contributed by atoms with Gasteiger partial charge in [-0.3, -0.25) is 0 Å². The number of benzene rings is 1. The third-order valence-corrected chi connectivity index (χ3v) is 2.56. The number of fused-ring (bicyclic) bond motifs is 1. The maximum atomic E-state index is 5.60. The molecular formula is C12H14N2. The van der Waals surface area contributed by atoms with Crippen LogP contribution in [0.15, 0.2) is 37.0 Å². The molecule has 0 unspecified atom stereocenters. The summed E-state index contributed by atoms with van der Waals surface area (Å²) in [6.07, 6.45) is 2.05. The molecule has 0 aliphatic heterocycles. The molecule has 0 aliphatic rings. The van der Waals surface area contributed by atoms with Crippen LogP contribution in [-0.4, -0.2) is 11.1 Å². The van der Waals surface area contributed by atoms with Crippen LogP contribution in [0.4, 0.5) is 0 Å². The first-order chi connectivity index (χ1) is 6.74. The van der Waals surface area contributed by atoms with Crippen molar-refractivity contribution in [3.05, 3.63) is 42.6 Å². The van der Waals surface area contributed by atoms with E-state index in [1.165, 1.54) is 10.9 Å². The number of rotatable bonds is 2. The largest absolute Gasteiger partial charge is 0.351 e. The van der Waals surface area contributed by atoms with Gasteiger partial charge < -0.3 is 10.3 Å². The predicted molar refractivity (Wildman–Crippen MR) is 61.0 cm³/mol. The fourth-order valence-electron chi connectivity index (χ4n) is 1.72. The van der Waals surface area contributed by atoms with Crippen molar-refractivity contribution in [1.29, 1.82) is 0 Å². The van der Waals surface area contributed by atoms with Crippen molar-refractivity contribution in [2.75, 3.05) is 6.54 Å². The van der Waals surface area contributed by atoms with E-state index < -0.39 is 0 Å². The Morgan fingerprint density at radius 1 is 1.43 bits per heavy atom. The SMILES string of the molecule is C=C(CN)c1cccc2c1ccn2C. The fraction of sp³-hybridized carbons (Fsp3) is 0.167. The third-order valence-electron chi connectivity index (χ3n) is 2.56.